The van der Waals surface area contributed by atoms with Gasteiger partial charge < -0.3 is 10.2 Å². The summed E-state index contributed by atoms with van der Waals surface area (Å²) in [4.78, 5) is 10.6. The monoisotopic (exact) mass is 333 g/mol. The first-order valence-electron chi connectivity index (χ1n) is 3.77. The van der Waals surface area contributed by atoms with E-state index in [2.05, 4.69) is 31.9 Å². The smallest absolute Gasteiger partial charge is 0.337 e. The van der Waals surface area contributed by atoms with E-state index in [-0.39, 0.29) is 11.1 Å². The molecule has 1 aromatic rings. The molecule has 78 valence electrons. The van der Waals surface area contributed by atoms with Gasteiger partial charge in [-0.05, 0) is 28.1 Å². The van der Waals surface area contributed by atoms with Gasteiger partial charge in [0.1, 0.15) is 6.07 Å². The highest BCUT2D eigenvalue weighted by molar-refractivity contribution is 9.11. The highest BCUT2D eigenvalue weighted by Gasteiger charge is 2.20. The van der Waals surface area contributed by atoms with E-state index in [0.29, 0.717) is 8.95 Å². The van der Waals surface area contributed by atoms with Crippen LogP contribution in [0.2, 0.25) is 0 Å². The molecule has 1 unspecified atom stereocenters. The second-order valence-corrected chi connectivity index (χ2v) is 4.41. The molecule has 0 saturated heterocycles. The molecule has 0 aliphatic heterocycles. The van der Waals surface area contributed by atoms with Crippen LogP contribution < -0.4 is 0 Å². The van der Waals surface area contributed by atoms with Gasteiger partial charge in [-0.3, -0.25) is 0 Å². The number of aliphatic hydroxyl groups is 1. The average Bonchev–Trinajstić information content (AvgIpc) is 2.17. The van der Waals surface area contributed by atoms with E-state index in [4.69, 9.17) is 10.4 Å². The van der Waals surface area contributed by atoms with Gasteiger partial charge in [0, 0.05) is 14.5 Å². The lowest BCUT2D eigenvalue weighted by Gasteiger charge is -2.09. The van der Waals surface area contributed by atoms with Crippen molar-refractivity contribution >= 4 is 37.8 Å². The van der Waals surface area contributed by atoms with Gasteiger partial charge in [0.25, 0.3) is 0 Å². The largest absolute Gasteiger partial charge is 0.479 e. The molecular formula is C9H5Br2NO3. The van der Waals surface area contributed by atoms with Crippen LogP contribution in [-0.4, -0.2) is 16.2 Å². The fraction of sp³-hybridized carbons (Fsp3) is 0.111. The summed E-state index contributed by atoms with van der Waals surface area (Å²) < 4.78 is 0.974. The lowest BCUT2D eigenvalue weighted by molar-refractivity contribution is -0.147. The van der Waals surface area contributed by atoms with Crippen molar-refractivity contribution in [1.29, 1.82) is 5.26 Å². The Morgan fingerprint density at radius 1 is 1.40 bits per heavy atom. The van der Waals surface area contributed by atoms with Crippen molar-refractivity contribution in [3.8, 4) is 6.07 Å². The second-order valence-electron chi connectivity index (χ2n) is 2.71. The Kier molecular flexibility index (Phi) is 3.85. The molecule has 0 saturated carbocycles. The van der Waals surface area contributed by atoms with Crippen molar-refractivity contribution in [2.75, 3.05) is 0 Å². The third kappa shape index (κ3) is 2.56. The van der Waals surface area contributed by atoms with Crippen LogP contribution in [0.5, 0.6) is 0 Å². The number of nitriles is 1. The number of hydrogen-bond acceptors (Lipinski definition) is 3. The van der Waals surface area contributed by atoms with Crippen molar-refractivity contribution in [2.45, 2.75) is 6.10 Å². The molecule has 15 heavy (non-hydrogen) atoms. The zero-order chi connectivity index (χ0) is 11.6. The Labute approximate surface area is 102 Å². The summed E-state index contributed by atoms with van der Waals surface area (Å²) in [5.41, 5.74) is 0.427. The first-order valence-corrected chi connectivity index (χ1v) is 5.36. The van der Waals surface area contributed by atoms with E-state index >= 15 is 0 Å². The highest BCUT2D eigenvalue weighted by Crippen LogP contribution is 2.29. The fourth-order valence-electron chi connectivity index (χ4n) is 0.994. The molecule has 0 bridgehead atoms. The van der Waals surface area contributed by atoms with Crippen LogP contribution in [0.4, 0.5) is 0 Å². The third-order valence-corrected chi connectivity index (χ3v) is 3.08. The summed E-state index contributed by atoms with van der Waals surface area (Å²) in [6.07, 6.45) is -1.64. The van der Waals surface area contributed by atoms with Crippen LogP contribution in [0.15, 0.2) is 21.1 Å². The molecule has 6 heteroatoms. The number of benzene rings is 1. The number of carboxylic acid groups (broad SMARTS) is 1. The van der Waals surface area contributed by atoms with Crippen LogP contribution in [0, 0.1) is 11.3 Å². The number of carboxylic acids is 1. The maximum Gasteiger partial charge on any atom is 0.337 e. The molecule has 1 rings (SSSR count). The van der Waals surface area contributed by atoms with E-state index in [1.54, 1.807) is 0 Å². The zero-order valence-corrected chi connectivity index (χ0v) is 10.4. The Bertz CT molecular complexity index is 453. The zero-order valence-electron chi connectivity index (χ0n) is 7.24. The summed E-state index contributed by atoms with van der Waals surface area (Å²) in [5.74, 6) is -1.36. The maximum atomic E-state index is 10.6. The van der Waals surface area contributed by atoms with Gasteiger partial charge >= 0.3 is 5.97 Å². The summed E-state index contributed by atoms with van der Waals surface area (Å²) >= 11 is 6.26. The lowest BCUT2D eigenvalue weighted by Crippen LogP contribution is -2.11. The van der Waals surface area contributed by atoms with Gasteiger partial charge in [-0.2, -0.15) is 5.26 Å². The molecule has 0 heterocycles. The number of carbonyl (C=O) groups is 1. The van der Waals surface area contributed by atoms with E-state index < -0.39 is 12.1 Å². The third-order valence-electron chi connectivity index (χ3n) is 1.74. The SMILES string of the molecule is N#Cc1cc(C(O)C(=O)O)c(Br)cc1Br. The van der Waals surface area contributed by atoms with E-state index in [1.165, 1.54) is 12.1 Å². The molecule has 2 N–H and O–H groups in total. The fourth-order valence-corrected chi connectivity index (χ4v) is 2.29. The number of rotatable bonds is 2. The maximum absolute atomic E-state index is 10.6. The molecular weight excluding hydrogens is 330 g/mol. The summed E-state index contributed by atoms with van der Waals surface area (Å²) in [6, 6.07) is 4.74. The van der Waals surface area contributed by atoms with E-state index in [0.717, 1.165) is 0 Å². The van der Waals surface area contributed by atoms with Crippen LogP contribution in [0.25, 0.3) is 0 Å². The van der Waals surface area contributed by atoms with Crippen molar-refractivity contribution in [1.82, 2.24) is 0 Å². The number of halogens is 2. The standard InChI is InChI=1S/C9H5Br2NO3/c10-6-2-7(11)5(1-4(6)3-12)8(13)9(14)15/h1-2,8,13H,(H,14,15). The predicted octanol–water partition coefficient (Wildman–Crippen LogP) is 2.20. The molecule has 0 aromatic heterocycles. The predicted molar refractivity (Wildman–Crippen MR) is 59.2 cm³/mol. The molecule has 1 atom stereocenters. The van der Waals surface area contributed by atoms with Crippen molar-refractivity contribution in [2.24, 2.45) is 0 Å². The van der Waals surface area contributed by atoms with Crippen LogP contribution in [-0.2, 0) is 4.79 Å². The Balaban J connectivity index is 3.32. The molecule has 0 aliphatic rings. The Hall–Kier alpha value is -0.900. The van der Waals surface area contributed by atoms with E-state index in [9.17, 15) is 9.90 Å². The normalized spacial score (nSPS) is 11.9. The molecule has 0 radical (unpaired) electrons. The lowest BCUT2D eigenvalue weighted by atomic mass is 10.1. The Morgan fingerprint density at radius 3 is 2.47 bits per heavy atom. The van der Waals surface area contributed by atoms with Crippen LogP contribution in [0.3, 0.4) is 0 Å². The van der Waals surface area contributed by atoms with Crippen LogP contribution >= 0.6 is 31.9 Å². The quantitative estimate of drug-likeness (QED) is 0.868. The van der Waals surface area contributed by atoms with E-state index in [1.807, 2.05) is 6.07 Å². The molecule has 0 spiro atoms. The van der Waals surface area contributed by atoms with Gasteiger partial charge in [0.05, 0.1) is 5.56 Å². The number of hydrogen-bond donors (Lipinski definition) is 2. The average molecular weight is 335 g/mol. The van der Waals surface area contributed by atoms with Gasteiger partial charge in [-0.15, -0.1) is 0 Å². The number of nitrogens with zero attached hydrogens (tertiary/aromatic N) is 1. The first kappa shape index (κ1) is 12.2. The summed E-state index contributed by atoms with van der Waals surface area (Å²) in [6.45, 7) is 0. The van der Waals surface area contributed by atoms with Crippen molar-refractivity contribution in [3.05, 3.63) is 32.2 Å². The minimum absolute atomic E-state index is 0.155. The van der Waals surface area contributed by atoms with Crippen LogP contribution in [0.1, 0.15) is 17.2 Å². The van der Waals surface area contributed by atoms with Gasteiger partial charge in [-0.25, -0.2) is 4.79 Å². The minimum atomic E-state index is -1.64. The molecule has 4 nitrogen and oxygen atoms in total. The summed E-state index contributed by atoms with van der Waals surface area (Å²) in [5, 5.41) is 26.7. The van der Waals surface area contributed by atoms with Crippen molar-refractivity contribution < 1.29 is 15.0 Å². The molecule has 0 fully saturated rings. The van der Waals surface area contributed by atoms with Crippen molar-refractivity contribution in [3.63, 3.8) is 0 Å². The molecule has 1 aromatic carbocycles. The number of aliphatic carboxylic acids is 1. The van der Waals surface area contributed by atoms with Gasteiger partial charge in [-0.1, -0.05) is 15.9 Å². The summed E-state index contributed by atoms with van der Waals surface area (Å²) in [7, 11) is 0. The second kappa shape index (κ2) is 4.75. The topological polar surface area (TPSA) is 81.3 Å². The first-order chi connectivity index (χ1) is 6.97. The Morgan fingerprint density at radius 2 is 2.00 bits per heavy atom. The molecule has 0 amide bonds. The van der Waals surface area contributed by atoms with Gasteiger partial charge in [0.15, 0.2) is 6.10 Å². The minimum Gasteiger partial charge on any atom is -0.479 e. The number of aliphatic hydroxyl groups excluding tert-OH is 1. The van der Waals surface area contributed by atoms with Gasteiger partial charge in [0.2, 0.25) is 0 Å². The molecule has 0 aliphatic carbocycles. The highest BCUT2D eigenvalue weighted by atomic mass is 79.9.